The van der Waals surface area contributed by atoms with Gasteiger partial charge in [-0.1, -0.05) is 12.2 Å². The highest BCUT2D eigenvalue weighted by Crippen LogP contribution is 2.35. The van der Waals surface area contributed by atoms with Gasteiger partial charge in [-0.2, -0.15) is 0 Å². The molecule has 8 heavy (non-hydrogen) atoms. The molecule has 0 unspecified atom stereocenters. The fourth-order valence-corrected chi connectivity index (χ4v) is 1.57. The van der Waals surface area contributed by atoms with Gasteiger partial charge in [0.25, 0.3) is 0 Å². The van der Waals surface area contributed by atoms with Gasteiger partial charge in [0.15, 0.2) is 0 Å². The molecule has 0 aromatic heterocycles. The van der Waals surface area contributed by atoms with Gasteiger partial charge in [0.1, 0.15) is 5.78 Å². The molecule has 1 saturated carbocycles. The van der Waals surface area contributed by atoms with Gasteiger partial charge in [0.05, 0.1) is 0 Å². The molecular formula is C7H8O. The van der Waals surface area contributed by atoms with E-state index in [2.05, 4.69) is 12.2 Å². The SMILES string of the molecule is O=C1C[C@@H]2C=C[C@H]1C2. The first-order valence-corrected chi connectivity index (χ1v) is 3.07. The molecule has 1 fully saturated rings. The monoisotopic (exact) mass is 108 g/mol. The molecule has 0 spiro atoms. The third-order valence-electron chi connectivity index (χ3n) is 2.05. The second kappa shape index (κ2) is 1.22. The standard InChI is InChI=1S/C7H8O/c8-7-4-5-1-2-6(7)3-5/h1-2,5-6H,3-4H2/t5-,6+/m1/s1. The molecule has 42 valence electrons. The first kappa shape index (κ1) is 4.30. The average molecular weight is 108 g/mol. The molecule has 0 amide bonds. The van der Waals surface area contributed by atoms with Crippen molar-refractivity contribution >= 4 is 5.78 Å². The molecule has 2 bridgehead atoms. The summed E-state index contributed by atoms with van der Waals surface area (Å²) in [7, 11) is 0. The van der Waals surface area contributed by atoms with Crippen LogP contribution in [0.1, 0.15) is 12.8 Å². The van der Waals surface area contributed by atoms with Crippen LogP contribution >= 0.6 is 0 Å². The topological polar surface area (TPSA) is 17.1 Å². The number of Topliss-reactive ketones (excluding diaryl/α,β-unsaturated/α-hetero) is 1. The van der Waals surface area contributed by atoms with Crippen molar-refractivity contribution in [1.82, 2.24) is 0 Å². The quantitative estimate of drug-likeness (QED) is 0.425. The molecular weight excluding hydrogens is 100 g/mol. The molecule has 2 aliphatic carbocycles. The zero-order valence-corrected chi connectivity index (χ0v) is 4.63. The second-order valence-corrected chi connectivity index (χ2v) is 2.66. The predicted octanol–water partition coefficient (Wildman–Crippen LogP) is 1.15. The van der Waals surface area contributed by atoms with Gasteiger partial charge in [-0.05, 0) is 12.3 Å². The molecule has 1 nitrogen and oxygen atoms in total. The molecule has 2 aliphatic rings. The first-order chi connectivity index (χ1) is 3.86. The van der Waals surface area contributed by atoms with Crippen molar-refractivity contribution in [3.63, 3.8) is 0 Å². The number of hydrogen-bond donors (Lipinski definition) is 0. The highest BCUT2D eigenvalue weighted by atomic mass is 16.1. The van der Waals surface area contributed by atoms with Crippen LogP contribution in [0, 0.1) is 11.8 Å². The predicted molar refractivity (Wildman–Crippen MR) is 30.4 cm³/mol. The number of carbonyl (C=O) groups excluding carboxylic acids is 1. The van der Waals surface area contributed by atoms with Gasteiger partial charge in [0, 0.05) is 12.3 Å². The van der Waals surface area contributed by atoms with Gasteiger partial charge < -0.3 is 0 Å². The maximum Gasteiger partial charge on any atom is 0.140 e. The van der Waals surface area contributed by atoms with Crippen LogP contribution in [0.3, 0.4) is 0 Å². The van der Waals surface area contributed by atoms with Crippen LogP contribution in [0.25, 0.3) is 0 Å². The minimum atomic E-state index is 0.319. The maximum atomic E-state index is 10.8. The van der Waals surface area contributed by atoms with Crippen molar-refractivity contribution in [2.24, 2.45) is 11.8 Å². The Balaban J connectivity index is 2.35. The van der Waals surface area contributed by atoms with E-state index in [1.54, 1.807) is 0 Å². The molecule has 0 N–H and O–H groups in total. The summed E-state index contributed by atoms with van der Waals surface area (Å²) in [4.78, 5) is 10.8. The van der Waals surface area contributed by atoms with Crippen molar-refractivity contribution in [3.8, 4) is 0 Å². The Bertz CT molecular complexity index is 158. The number of fused-ring (bicyclic) bond motifs is 2. The number of carbonyl (C=O) groups is 1. The van der Waals surface area contributed by atoms with Crippen LogP contribution in [-0.4, -0.2) is 5.78 Å². The summed E-state index contributed by atoms with van der Waals surface area (Å²) in [5.74, 6) is 1.39. The molecule has 0 aromatic rings. The van der Waals surface area contributed by atoms with Gasteiger partial charge in [-0.25, -0.2) is 0 Å². The summed E-state index contributed by atoms with van der Waals surface area (Å²) < 4.78 is 0. The van der Waals surface area contributed by atoms with E-state index in [0.29, 0.717) is 17.6 Å². The summed E-state index contributed by atoms with van der Waals surface area (Å²) in [6.07, 6.45) is 6.16. The normalized spacial score (nSPS) is 41.8. The summed E-state index contributed by atoms with van der Waals surface area (Å²) in [6.45, 7) is 0. The van der Waals surface area contributed by atoms with Crippen molar-refractivity contribution in [2.75, 3.05) is 0 Å². The third-order valence-corrected chi connectivity index (χ3v) is 2.05. The maximum absolute atomic E-state index is 10.8. The lowest BCUT2D eigenvalue weighted by Crippen LogP contribution is -2.02. The lowest BCUT2D eigenvalue weighted by Gasteiger charge is -1.96. The molecule has 2 rings (SSSR count). The van der Waals surface area contributed by atoms with E-state index in [0.717, 1.165) is 12.8 Å². The number of ketones is 1. The lowest BCUT2D eigenvalue weighted by atomic mass is 10.1. The van der Waals surface area contributed by atoms with Gasteiger partial charge in [-0.3, -0.25) is 4.79 Å². The Morgan fingerprint density at radius 3 is 2.62 bits per heavy atom. The Morgan fingerprint density at radius 2 is 2.38 bits per heavy atom. The van der Waals surface area contributed by atoms with Gasteiger partial charge >= 0.3 is 0 Å². The Kier molecular flexibility index (Phi) is 0.655. The molecule has 0 radical (unpaired) electrons. The summed E-state index contributed by atoms with van der Waals surface area (Å²) in [5.41, 5.74) is 0. The zero-order chi connectivity index (χ0) is 5.56. The Labute approximate surface area is 48.4 Å². The minimum Gasteiger partial charge on any atom is -0.299 e. The summed E-state index contributed by atoms with van der Waals surface area (Å²) >= 11 is 0. The van der Waals surface area contributed by atoms with E-state index in [4.69, 9.17) is 0 Å². The van der Waals surface area contributed by atoms with Crippen LogP contribution in [0.4, 0.5) is 0 Å². The third kappa shape index (κ3) is 0.391. The molecule has 0 saturated heterocycles. The second-order valence-electron chi connectivity index (χ2n) is 2.66. The van der Waals surface area contributed by atoms with Crippen LogP contribution < -0.4 is 0 Å². The van der Waals surface area contributed by atoms with E-state index in [9.17, 15) is 4.79 Å². The highest BCUT2D eigenvalue weighted by Gasteiger charge is 2.33. The van der Waals surface area contributed by atoms with Gasteiger partial charge in [0.2, 0.25) is 0 Å². The van der Waals surface area contributed by atoms with E-state index in [-0.39, 0.29) is 0 Å². The number of hydrogen-bond acceptors (Lipinski definition) is 1. The Morgan fingerprint density at radius 1 is 1.50 bits per heavy atom. The van der Waals surface area contributed by atoms with E-state index >= 15 is 0 Å². The molecule has 0 aromatic carbocycles. The fourth-order valence-electron chi connectivity index (χ4n) is 1.57. The van der Waals surface area contributed by atoms with Crippen molar-refractivity contribution in [2.45, 2.75) is 12.8 Å². The fraction of sp³-hybridized carbons (Fsp3) is 0.571. The zero-order valence-electron chi connectivity index (χ0n) is 4.63. The largest absolute Gasteiger partial charge is 0.299 e. The van der Waals surface area contributed by atoms with E-state index < -0.39 is 0 Å². The first-order valence-electron chi connectivity index (χ1n) is 3.07. The van der Waals surface area contributed by atoms with Crippen LogP contribution in [0.2, 0.25) is 0 Å². The average Bonchev–Trinajstić information content (AvgIpc) is 2.23. The van der Waals surface area contributed by atoms with Crippen LogP contribution in [0.5, 0.6) is 0 Å². The van der Waals surface area contributed by atoms with Crippen LogP contribution in [0.15, 0.2) is 12.2 Å². The smallest absolute Gasteiger partial charge is 0.140 e. The summed E-state index contributed by atoms with van der Waals surface area (Å²) in [6, 6.07) is 0. The van der Waals surface area contributed by atoms with E-state index in [1.165, 1.54) is 0 Å². The molecule has 0 aliphatic heterocycles. The van der Waals surface area contributed by atoms with Crippen molar-refractivity contribution in [3.05, 3.63) is 12.2 Å². The minimum absolute atomic E-state index is 0.319. The van der Waals surface area contributed by atoms with Crippen molar-refractivity contribution < 1.29 is 4.79 Å². The number of allylic oxidation sites excluding steroid dienone is 2. The lowest BCUT2D eigenvalue weighted by molar-refractivity contribution is -0.119. The number of rotatable bonds is 0. The molecule has 1 heteroatoms. The Hall–Kier alpha value is -0.590. The molecule has 0 heterocycles. The van der Waals surface area contributed by atoms with Crippen molar-refractivity contribution in [1.29, 1.82) is 0 Å². The summed E-state index contributed by atoms with van der Waals surface area (Å²) in [5, 5.41) is 0. The highest BCUT2D eigenvalue weighted by molar-refractivity contribution is 5.86. The van der Waals surface area contributed by atoms with Gasteiger partial charge in [-0.15, -0.1) is 0 Å². The van der Waals surface area contributed by atoms with Crippen LogP contribution in [-0.2, 0) is 4.79 Å². The van der Waals surface area contributed by atoms with E-state index in [1.807, 2.05) is 0 Å². The molecule has 2 atom stereocenters.